The Labute approximate surface area is 575 Å². The zero-order valence-electron chi connectivity index (χ0n) is 56.9. The molecule has 504 valence electrons. The van der Waals surface area contributed by atoms with Crippen LogP contribution in [0.1, 0.15) is 145 Å². The highest BCUT2D eigenvalue weighted by Gasteiger charge is 2.60. The molecule has 9 aromatic rings. The minimum atomic E-state index is -0.788. The van der Waals surface area contributed by atoms with E-state index in [-0.39, 0.29) is 42.2 Å². The molecule has 4 aliphatic carbocycles. The Balaban J connectivity index is 0.699. The third kappa shape index (κ3) is 12.4. The Morgan fingerprint density at radius 2 is 0.908 bits per heavy atom. The fourth-order valence-electron chi connectivity index (χ4n) is 16.4. The van der Waals surface area contributed by atoms with E-state index in [1.807, 2.05) is 75.4 Å². The molecule has 0 aromatic heterocycles. The maximum atomic E-state index is 15.4. The number of nitrogens with zero attached hydrogens (tertiary/aromatic N) is 3. The molecule has 0 spiro atoms. The number of aryl methyl sites for hydroxylation is 3. The zero-order valence-corrected chi connectivity index (χ0v) is 56.9. The molecule has 3 aliphatic heterocycles. The first-order chi connectivity index (χ1) is 47.8. The fourth-order valence-corrected chi connectivity index (χ4v) is 16.4. The largest absolute Gasteiger partial charge is 0.492 e. The number of aliphatic hydroxyl groups is 1. The Morgan fingerprint density at radius 1 is 0.469 bits per heavy atom. The van der Waals surface area contributed by atoms with Gasteiger partial charge >= 0.3 is 0 Å². The number of likely N-dealkylation sites (tertiary alicyclic amines) is 3. The van der Waals surface area contributed by atoms with Crippen molar-refractivity contribution in [3.63, 3.8) is 0 Å². The third-order valence-corrected chi connectivity index (χ3v) is 23.2. The number of carbonyl (C=O) groups is 3. The van der Waals surface area contributed by atoms with Gasteiger partial charge in [-0.1, -0.05) is 133 Å². The number of carbonyl (C=O) groups excluding carboxylic acids is 3. The number of hydrogen-bond donors (Lipinski definition) is 4. The van der Waals surface area contributed by atoms with Crippen LogP contribution in [0.5, 0.6) is 17.2 Å². The molecule has 3 saturated heterocycles. The Kier molecular flexibility index (Phi) is 17.1. The molecule has 7 fully saturated rings. The molecule has 4 saturated carbocycles. The van der Waals surface area contributed by atoms with Crippen molar-refractivity contribution >= 4 is 50.0 Å². The SMILES string of the molecule is COCCN1CCC1COc1ccc(C)c(C(=O)NC2(c3cccc4cc(C5CC5(NC(=O)c5cc(OCC6CCN6CCO)ccc5C)c5cccc6ccccc56)ccc34)CC2c2ccc3c(C4(NC(=O)c5cc(OCC6CCN6CC6CC6)ccc5C)CC4)cccc3c2)c1. The van der Waals surface area contributed by atoms with Crippen molar-refractivity contribution in [3.8, 4) is 17.2 Å². The first kappa shape index (κ1) is 64.1. The van der Waals surface area contributed by atoms with Gasteiger partial charge in [-0.15, -0.1) is 0 Å². The second kappa shape index (κ2) is 26.2. The minimum absolute atomic E-state index is 0.0522. The average Bonchev–Trinajstić information content (AvgIpc) is 1.53. The first-order valence-corrected chi connectivity index (χ1v) is 35.8. The second-order valence-electron chi connectivity index (χ2n) is 29.4. The van der Waals surface area contributed by atoms with Gasteiger partial charge in [0.25, 0.3) is 17.7 Å². The summed E-state index contributed by atoms with van der Waals surface area (Å²) in [6.07, 6.45) is 8.95. The van der Waals surface area contributed by atoms with Crippen LogP contribution in [0.4, 0.5) is 0 Å². The van der Waals surface area contributed by atoms with Gasteiger partial charge in [-0.25, -0.2) is 0 Å². The molecule has 14 nitrogen and oxygen atoms in total. The number of ether oxygens (including phenoxy) is 4. The Hall–Kier alpha value is -8.63. The van der Waals surface area contributed by atoms with Crippen LogP contribution in [0.2, 0.25) is 0 Å². The predicted octanol–water partition coefficient (Wildman–Crippen LogP) is 13.5. The summed E-state index contributed by atoms with van der Waals surface area (Å²) in [7, 11) is 1.73. The second-order valence-corrected chi connectivity index (χ2v) is 29.4. The molecule has 3 heterocycles. The Bertz CT molecular complexity index is 4560. The number of methoxy groups -OCH3 is 1. The number of nitrogens with one attached hydrogen (secondary N) is 3. The van der Waals surface area contributed by atoms with Gasteiger partial charge in [0.1, 0.15) is 37.1 Å². The van der Waals surface area contributed by atoms with Crippen molar-refractivity contribution < 1.29 is 38.4 Å². The molecule has 3 amide bonds. The highest BCUT2D eigenvalue weighted by Crippen LogP contribution is 2.63. The number of fused-ring (bicyclic) bond motifs is 3. The summed E-state index contributed by atoms with van der Waals surface area (Å²) >= 11 is 0. The zero-order chi connectivity index (χ0) is 66.9. The van der Waals surface area contributed by atoms with Gasteiger partial charge in [-0.05, 0) is 198 Å². The van der Waals surface area contributed by atoms with Crippen LogP contribution in [0.25, 0.3) is 32.3 Å². The highest BCUT2D eigenvalue weighted by atomic mass is 16.5. The first-order valence-electron chi connectivity index (χ1n) is 35.8. The van der Waals surface area contributed by atoms with Crippen LogP contribution >= 0.6 is 0 Å². The van der Waals surface area contributed by atoms with Gasteiger partial charge in [0.15, 0.2) is 0 Å². The van der Waals surface area contributed by atoms with E-state index in [2.05, 4.69) is 146 Å². The van der Waals surface area contributed by atoms with E-state index in [1.54, 1.807) is 7.11 Å². The third-order valence-electron chi connectivity index (χ3n) is 23.2. The lowest BCUT2D eigenvalue weighted by atomic mass is 9.89. The van der Waals surface area contributed by atoms with Gasteiger partial charge in [-0.3, -0.25) is 29.1 Å². The van der Waals surface area contributed by atoms with E-state index in [0.29, 0.717) is 86.1 Å². The molecule has 7 atom stereocenters. The van der Waals surface area contributed by atoms with E-state index in [0.717, 1.165) is 147 Å². The van der Waals surface area contributed by atoms with Crippen LogP contribution in [0, 0.1) is 26.7 Å². The molecule has 14 heteroatoms. The van der Waals surface area contributed by atoms with Crippen molar-refractivity contribution in [1.82, 2.24) is 30.7 Å². The van der Waals surface area contributed by atoms with Crippen molar-refractivity contribution in [1.29, 1.82) is 0 Å². The van der Waals surface area contributed by atoms with Crippen molar-refractivity contribution in [2.75, 3.05) is 79.4 Å². The summed E-state index contributed by atoms with van der Waals surface area (Å²) in [5, 5.41) is 27.0. The van der Waals surface area contributed by atoms with E-state index in [1.165, 1.54) is 19.4 Å². The molecule has 98 heavy (non-hydrogen) atoms. The van der Waals surface area contributed by atoms with E-state index in [9.17, 15) is 9.90 Å². The predicted molar refractivity (Wildman–Crippen MR) is 385 cm³/mol. The number of aliphatic hydroxyl groups excluding tert-OH is 1. The van der Waals surface area contributed by atoms with Crippen LogP contribution < -0.4 is 30.2 Å². The molecule has 0 bridgehead atoms. The summed E-state index contributed by atoms with van der Waals surface area (Å²) in [4.78, 5) is 52.0. The molecule has 7 aliphatic rings. The quantitative estimate of drug-likeness (QED) is 0.0389. The van der Waals surface area contributed by atoms with Crippen molar-refractivity contribution in [2.24, 2.45) is 5.92 Å². The van der Waals surface area contributed by atoms with Crippen LogP contribution in [-0.4, -0.2) is 135 Å². The van der Waals surface area contributed by atoms with Gasteiger partial charge in [0, 0.05) is 93.0 Å². The van der Waals surface area contributed by atoms with E-state index in [4.69, 9.17) is 18.9 Å². The highest BCUT2D eigenvalue weighted by molar-refractivity contribution is 6.01. The summed E-state index contributed by atoms with van der Waals surface area (Å²) in [6, 6.07) is 59.9. The number of amides is 3. The lowest BCUT2D eigenvalue weighted by Gasteiger charge is -2.40. The molecule has 0 radical (unpaired) electrons. The average molecular weight is 1310 g/mol. The summed E-state index contributed by atoms with van der Waals surface area (Å²) < 4.78 is 24.6. The number of hydrogen-bond acceptors (Lipinski definition) is 11. The number of benzene rings is 9. The van der Waals surface area contributed by atoms with Gasteiger partial charge < -0.3 is 40.0 Å². The Morgan fingerprint density at radius 3 is 1.38 bits per heavy atom. The van der Waals surface area contributed by atoms with E-state index >= 15 is 9.59 Å². The summed E-state index contributed by atoms with van der Waals surface area (Å²) in [5.41, 5.74) is 7.90. The lowest BCUT2D eigenvalue weighted by Crippen LogP contribution is -2.51. The normalized spacial score (nSPS) is 23.9. The molecular formula is C84H90N6O8. The molecular weight excluding hydrogens is 1220 g/mol. The lowest BCUT2D eigenvalue weighted by molar-refractivity contribution is 0.0283. The fraction of sp³-hybridized carbons (Fsp3) is 0.393. The van der Waals surface area contributed by atoms with Crippen LogP contribution in [0.15, 0.2) is 170 Å². The van der Waals surface area contributed by atoms with Crippen molar-refractivity contribution in [2.45, 2.75) is 125 Å². The maximum Gasteiger partial charge on any atom is 0.252 e. The summed E-state index contributed by atoms with van der Waals surface area (Å²) in [6.45, 7) is 14.2. The number of β-amino-alcohol motifs (C(OH)–C–C–N with tert-alkyl or cyclic N) is 1. The molecule has 7 unspecified atom stereocenters. The van der Waals surface area contributed by atoms with Crippen LogP contribution in [-0.2, 0) is 21.4 Å². The van der Waals surface area contributed by atoms with Crippen LogP contribution in [0.3, 0.4) is 0 Å². The molecule has 16 rings (SSSR count). The minimum Gasteiger partial charge on any atom is -0.492 e. The topological polar surface area (TPSA) is 154 Å². The van der Waals surface area contributed by atoms with Crippen molar-refractivity contribution in [3.05, 3.63) is 231 Å². The van der Waals surface area contributed by atoms with Gasteiger partial charge in [0.2, 0.25) is 0 Å². The maximum absolute atomic E-state index is 15.4. The van der Waals surface area contributed by atoms with E-state index < -0.39 is 16.6 Å². The molecule has 9 aromatic carbocycles. The smallest absolute Gasteiger partial charge is 0.252 e. The molecule has 4 N–H and O–H groups in total. The number of rotatable bonds is 27. The van der Waals surface area contributed by atoms with Gasteiger partial charge in [-0.2, -0.15) is 0 Å². The standard InChI is InChI=1S/C84H90N6O8/c1-53-18-25-65(98-52-64-32-37-90(64)49-56-21-22-56)44-71(53)79(92)85-82(33-34-82)74-15-8-12-58-42-60(23-28-69(58)74)78-48-84(78,87-81(94)73-46-67(27-20-55(73)3)97-51-63-31-36-89(63)39-41-95-4)76-17-9-13-59-43-61(24-29-70(59)76)77-47-83(77,75-16-7-11-57-10-5-6-14-68(57)75)86-80(93)72-45-66(26-19-54(72)2)96-50-62-30-35-88(62)38-40-91/h5-20,23-29,42-46,56,62-64,77-78,91H,21-22,30-41,47-52H2,1-4H3,(H,85,92)(H,86,93)(H,87,94). The monoisotopic (exact) mass is 1310 g/mol. The van der Waals surface area contributed by atoms with Gasteiger partial charge in [0.05, 0.1) is 29.8 Å². The summed E-state index contributed by atoms with van der Waals surface area (Å²) in [5.74, 6) is 2.37.